The van der Waals surface area contributed by atoms with E-state index >= 15 is 0 Å². The average molecular weight is 400 g/mol. The Morgan fingerprint density at radius 1 is 0.862 bits per heavy atom. The van der Waals surface area contributed by atoms with Crippen LogP contribution in [-0.2, 0) is 35.0 Å². The number of methoxy groups -OCH3 is 1. The maximum atomic E-state index is 10.8. The number of hydrogen-bond acceptors (Lipinski definition) is 7. The molecule has 2 aromatic carbocycles. The van der Waals surface area contributed by atoms with Gasteiger partial charge in [0, 0.05) is 12.7 Å². The average Bonchev–Trinajstić information content (AvgIpc) is 2.77. The predicted octanol–water partition coefficient (Wildman–Crippen LogP) is 2.14. The minimum absolute atomic E-state index is 0.382. The molecule has 3 heterocycles. The summed E-state index contributed by atoms with van der Waals surface area (Å²) in [5.74, 6) is 0. The fourth-order valence-corrected chi connectivity index (χ4v) is 4.22. The van der Waals surface area contributed by atoms with E-state index < -0.39 is 49.4 Å². The first-order valence-electron chi connectivity index (χ1n) is 9.78. The van der Waals surface area contributed by atoms with E-state index in [0.29, 0.717) is 6.61 Å². The van der Waals surface area contributed by atoms with Crippen molar-refractivity contribution < 1.29 is 33.5 Å². The van der Waals surface area contributed by atoms with Gasteiger partial charge in [0.1, 0.15) is 36.6 Å². The van der Waals surface area contributed by atoms with Crippen molar-refractivity contribution in [3.8, 4) is 0 Å². The van der Waals surface area contributed by atoms with E-state index in [1.165, 1.54) is 0 Å². The molecule has 29 heavy (non-hydrogen) atoms. The van der Waals surface area contributed by atoms with Gasteiger partial charge >= 0.3 is 0 Å². The third-order valence-corrected chi connectivity index (χ3v) is 5.62. The molecule has 4 aliphatic rings. The SMILES string of the molecule is COC(O[C@H]1[C@@H]2O[C@H]3O[C@H]([C@H](O)[C@@H]1O3)[C@H]2OCc1ccccc1)c1ccccc1. The second-order valence-corrected chi connectivity index (χ2v) is 7.42. The monoisotopic (exact) mass is 400 g/mol. The Kier molecular flexibility index (Phi) is 5.36. The zero-order chi connectivity index (χ0) is 19.8. The largest absolute Gasteiger partial charge is 0.387 e. The Morgan fingerprint density at radius 3 is 2.17 bits per heavy atom. The highest BCUT2D eigenvalue weighted by molar-refractivity contribution is 5.17. The standard InChI is InChI=1S/C22H24O7/c1-24-21(14-10-6-3-7-11-14)26-19-17-15(23)16-18(20(19)29-22(27-16)28-17)25-12-13-8-4-2-5-9-13/h2-11,15-23H,12H2,1H3/t15-,16+,17-,18+,19+,20+,21?,22-/m0/s1. The fourth-order valence-electron chi connectivity index (χ4n) is 4.22. The highest BCUT2D eigenvalue weighted by Crippen LogP contribution is 2.43. The molecule has 1 N–H and O–H groups in total. The van der Waals surface area contributed by atoms with Crippen molar-refractivity contribution in [1.82, 2.24) is 0 Å². The number of aliphatic hydroxyl groups is 1. The van der Waals surface area contributed by atoms with Crippen molar-refractivity contribution in [3.63, 3.8) is 0 Å². The van der Waals surface area contributed by atoms with E-state index in [1.54, 1.807) is 7.11 Å². The molecule has 3 aliphatic heterocycles. The number of aliphatic hydroxyl groups excluding tert-OH is 1. The topological polar surface area (TPSA) is 75.6 Å². The fraction of sp³-hybridized carbons (Fsp3) is 0.455. The van der Waals surface area contributed by atoms with Gasteiger partial charge in [-0.25, -0.2) is 0 Å². The van der Waals surface area contributed by atoms with Crippen LogP contribution in [0.25, 0.3) is 0 Å². The molecule has 2 aromatic rings. The van der Waals surface area contributed by atoms with Crippen molar-refractivity contribution in [1.29, 1.82) is 0 Å². The number of benzene rings is 2. The van der Waals surface area contributed by atoms with E-state index in [9.17, 15) is 5.11 Å². The first-order chi connectivity index (χ1) is 14.2. The zero-order valence-corrected chi connectivity index (χ0v) is 16.0. The molecule has 7 heteroatoms. The smallest absolute Gasteiger partial charge is 0.272 e. The van der Waals surface area contributed by atoms with Gasteiger partial charge in [0.15, 0.2) is 6.29 Å². The second kappa shape index (κ2) is 8.12. The van der Waals surface area contributed by atoms with Crippen molar-refractivity contribution in [2.24, 2.45) is 0 Å². The van der Waals surface area contributed by atoms with Crippen LogP contribution in [-0.4, -0.2) is 55.3 Å². The van der Waals surface area contributed by atoms with Crippen LogP contribution in [0.1, 0.15) is 17.4 Å². The maximum absolute atomic E-state index is 10.8. The molecular weight excluding hydrogens is 376 g/mol. The Hall–Kier alpha value is -1.84. The Balaban J connectivity index is 1.36. The minimum atomic E-state index is -0.884. The molecule has 4 bridgehead atoms. The van der Waals surface area contributed by atoms with Crippen molar-refractivity contribution in [2.45, 2.75) is 56.0 Å². The molecule has 3 saturated heterocycles. The summed E-state index contributed by atoms with van der Waals surface area (Å²) in [4.78, 5) is 0. The van der Waals surface area contributed by atoms with Crippen molar-refractivity contribution in [3.05, 3.63) is 71.8 Å². The summed E-state index contributed by atoms with van der Waals surface area (Å²) < 4.78 is 35.3. The molecule has 0 spiro atoms. The first kappa shape index (κ1) is 19.1. The third kappa shape index (κ3) is 3.60. The van der Waals surface area contributed by atoms with Gasteiger partial charge in [-0.05, 0) is 5.56 Å². The van der Waals surface area contributed by atoms with E-state index in [-0.39, 0.29) is 0 Å². The molecule has 0 radical (unpaired) electrons. The lowest BCUT2D eigenvalue weighted by atomic mass is 9.82. The van der Waals surface area contributed by atoms with E-state index in [1.807, 2.05) is 60.7 Å². The van der Waals surface area contributed by atoms with Gasteiger partial charge in [-0.2, -0.15) is 0 Å². The van der Waals surface area contributed by atoms with Crippen molar-refractivity contribution in [2.75, 3.05) is 7.11 Å². The van der Waals surface area contributed by atoms with Crippen LogP contribution in [0.3, 0.4) is 0 Å². The lowest BCUT2D eigenvalue weighted by Gasteiger charge is -2.57. The summed E-state index contributed by atoms with van der Waals surface area (Å²) in [5, 5.41) is 10.8. The molecule has 7 nitrogen and oxygen atoms in total. The van der Waals surface area contributed by atoms with Gasteiger partial charge in [-0.1, -0.05) is 60.7 Å². The molecular formula is C22H24O7. The Morgan fingerprint density at radius 2 is 1.48 bits per heavy atom. The first-order valence-corrected chi connectivity index (χ1v) is 9.78. The van der Waals surface area contributed by atoms with Gasteiger partial charge in [0.05, 0.1) is 6.61 Å². The summed E-state index contributed by atoms with van der Waals surface area (Å²) in [6, 6.07) is 19.5. The Bertz CT molecular complexity index is 801. The molecule has 1 aliphatic carbocycles. The quantitative estimate of drug-likeness (QED) is 0.714. The summed E-state index contributed by atoms with van der Waals surface area (Å²) >= 11 is 0. The van der Waals surface area contributed by atoms with Gasteiger partial charge in [0.2, 0.25) is 0 Å². The number of ether oxygens (including phenoxy) is 6. The van der Waals surface area contributed by atoms with Gasteiger partial charge < -0.3 is 33.5 Å². The van der Waals surface area contributed by atoms with Gasteiger partial charge in [-0.3, -0.25) is 0 Å². The molecule has 1 saturated carbocycles. The van der Waals surface area contributed by atoms with Crippen LogP contribution in [0.2, 0.25) is 0 Å². The molecule has 154 valence electrons. The van der Waals surface area contributed by atoms with Crippen LogP contribution in [0.15, 0.2) is 60.7 Å². The summed E-state index contributed by atoms with van der Waals surface area (Å²) in [5.41, 5.74) is 1.90. The van der Waals surface area contributed by atoms with Crippen molar-refractivity contribution >= 4 is 0 Å². The molecule has 0 aromatic heterocycles. The van der Waals surface area contributed by atoms with E-state index in [4.69, 9.17) is 28.4 Å². The molecule has 4 fully saturated rings. The third-order valence-electron chi connectivity index (χ3n) is 5.62. The van der Waals surface area contributed by atoms with E-state index in [0.717, 1.165) is 11.1 Å². The molecule has 1 unspecified atom stereocenters. The predicted molar refractivity (Wildman–Crippen MR) is 100 cm³/mol. The lowest BCUT2D eigenvalue weighted by Crippen LogP contribution is -2.76. The summed E-state index contributed by atoms with van der Waals surface area (Å²) in [7, 11) is 1.58. The normalized spacial score (nSPS) is 36.3. The highest BCUT2D eigenvalue weighted by Gasteiger charge is 2.63. The van der Waals surface area contributed by atoms with E-state index in [2.05, 4.69) is 0 Å². The summed E-state index contributed by atoms with van der Waals surface area (Å²) in [6.45, 7) is -0.430. The Labute approximate surface area is 169 Å². The molecule has 0 amide bonds. The lowest BCUT2D eigenvalue weighted by molar-refractivity contribution is -0.491. The maximum Gasteiger partial charge on any atom is 0.272 e. The van der Waals surface area contributed by atoms with Gasteiger partial charge in [-0.15, -0.1) is 0 Å². The van der Waals surface area contributed by atoms with Gasteiger partial charge in [0.25, 0.3) is 6.48 Å². The van der Waals surface area contributed by atoms with Crippen LogP contribution in [0.4, 0.5) is 0 Å². The molecule has 6 rings (SSSR count). The second-order valence-electron chi connectivity index (χ2n) is 7.42. The van der Waals surface area contributed by atoms with Crippen LogP contribution in [0.5, 0.6) is 0 Å². The van der Waals surface area contributed by atoms with Crippen LogP contribution < -0.4 is 0 Å². The van der Waals surface area contributed by atoms with Crippen LogP contribution in [0, 0.1) is 0 Å². The number of hydrogen-bond donors (Lipinski definition) is 1. The number of rotatable bonds is 7. The summed E-state index contributed by atoms with van der Waals surface area (Å²) in [6.07, 6.45) is -4.09. The van der Waals surface area contributed by atoms with Crippen LogP contribution >= 0.6 is 0 Å². The minimum Gasteiger partial charge on any atom is -0.387 e. The zero-order valence-electron chi connectivity index (χ0n) is 16.0. The highest BCUT2D eigenvalue weighted by atomic mass is 16.9. The molecule has 8 atom stereocenters.